The molecule has 0 radical (unpaired) electrons. The summed E-state index contributed by atoms with van der Waals surface area (Å²) in [7, 11) is 0.725. The number of rotatable bonds is 4. The standard InChI is InChI=1S/C15H20Cl3OP/c1-9(7-15(2,3)4)8-20-14(19)13-11(17)5-10(16)6-12(13)18/h5-6,9,19H,7-8H2,1-4H3/p-1. The predicted molar refractivity (Wildman–Crippen MR) is 90.6 cm³/mol. The number of halogens is 3. The molecule has 0 bridgehead atoms. The van der Waals surface area contributed by atoms with E-state index in [-0.39, 0.29) is 10.9 Å². The third-order valence-corrected chi connectivity index (χ3v) is 4.86. The van der Waals surface area contributed by atoms with Crippen molar-refractivity contribution in [1.29, 1.82) is 0 Å². The lowest BCUT2D eigenvalue weighted by Gasteiger charge is -2.23. The monoisotopic (exact) mass is 351 g/mol. The normalized spacial score (nSPS) is 14.5. The van der Waals surface area contributed by atoms with E-state index in [0.717, 1.165) is 20.8 Å². The summed E-state index contributed by atoms with van der Waals surface area (Å²) in [6.45, 7) is 8.77. The first kappa shape index (κ1) is 18.3. The zero-order chi connectivity index (χ0) is 15.5. The Morgan fingerprint density at radius 3 is 2.15 bits per heavy atom. The summed E-state index contributed by atoms with van der Waals surface area (Å²) in [6, 6.07) is 3.10. The van der Waals surface area contributed by atoms with Gasteiger partial charge in [-0.25, -0.2) is 0 Å². The lowest BCUT2D eigenvalue weighted by Crippen LogP contribution is -2.19. The van der Waals surface area contributed by atoms with Gasteiger partial charge in [0.15, 0.2) is 0 Å². The molecule has 0 aliphatic rings. The molecule has 0 N–H and O–H groups in total. The average Bonchev–Trinajstić information content (AvgIpc) is 2.22. The molecular formula is C15H19Cl3OP-. The first-order valence-corrected chi connectivity index (χ1v) is 8.68. The summed E-state index contributed by atoms with van der Waals surface area (Å²) in [5.74, 6) is 0.477. The van der Waals surface area contributed by atoms with Gasteiger partial charge < -0.3 is 5.11 Å². The molecule has 20 heavy (non-hydrogen) atoms. The second-order valence-electron chi connectivity index (χ2n) is 6.26. The minimum atomic E-state index is -0.0441. The van der Waals surface area contributed by atoms with Crippen LogP contribution >= 0.6 is 43.0 Å². The van der Waals surface area contributed by atoms with E-state index >= 15 is 0 Å². The molecule has 1 unspecified atom stereocenters. The van der Waals surface area contributed by atoms with Gasteiger partial charge in [0.2, 0.25) is 0 Å². The first-order chi connectivity index (χ1) is 9.10. The van der Waals surface area contributed by atoms with Crippen LogP contribution in [0.25, 0.3) is 0 Å². The van der Waals surface area contributed by atoms with Gasteiger partial charge in [-0.05, 0) is 36.0 Å². The SMILES string of the molecule is CC(CP=C([O-])c1c(Cl)cc(Cl)cc1Cl)CC(C)(C)C. The Morgan fingerprint density at radius 1 is 1.20 bits per heavy atom. The highest BCUT2D eigenvalue weighted by molar-refractivity contribution is 7.40. The fourth-order valence-corrected chi connectivity index (χ4v) is 4.30. The van der Waals surface area contributed by atoms with Gasteiger partial charge in [0, 0.05) is 10.6 Å². The molecule has 0 spiro atoms. The Kier molecular flexibility index (Phi) is 6.83. The summed E-state index contributed by atoms with van der Waals surface area (Å²) >= 11 is 18.0. The minimum absolute atomic E-state index is 0.0441. The van der Waals surface area contributed by atoms with Crippen molar-refractivity contribution in [1.82, 2.24) is 0 Å². The van der Waals surface area contributed by atoms with Crippen LogP contribution in [0.1, 0.15) is 39.7 Å². The maximum Gasteiger partial charge on any atom is 0.0501 e. The van der Waals surface area contributed by atoms with Gasteiger partial charge in [0.05, 0.1) is 10.0 Å². The summed E-state index contributed by atoms with van der Waals surface area (Å²) in [4.78, 5) is 0. The smallest absolute Gasteiger partial charge is 0.0501 e. The fourth-order valence-electron chi connectivity index (χ4n) is 2.17. The van der Waals surface area contributed by atoms with Crippen molar-refractivity contribution < 1.29 is 5.11 Å². The second kappa shape index (κ2) is 7.47. The van der Waals surface area contributed by atoms with Gasteiger partial charge in [-0.1, -0.05) is 62.5 Å². The summed E-state index contributed by atoms with van der Waals surface area (Å²) < 4.78 is 0. The van der Waals surface area contributed by atoms with E-state index in [0.29, 0.717) is 26.5 Å². The molecule has 1 atom stereocenters. The molecule has 0 amide bonds. The van der Waals surface area contributed by atoms with Gasteiger partial charge in [0.25, 0.3) is 0 Å². The van der Waals surface area contributed by atoms with Gasteiger partial charge in [-0.3, -0.25) is 0 Å². The summed E-state index contributed by atoms with van der Waals surface area (Å²) in [5, 5.41) is 13.3. The summed E-state index contributed by atoms with van der Waals surface area (Å²) in [5.41, 5.74) is 0.605. The molecule has 0 aromatic heterocycles. The van der Waals surface area contributed by atoms with Gasteiger partial charge in [-0.2, -0.15) is 0 Å². The molecule has 1 aromatic carbocycles. The van der Waals surface area contributed by atoms with Crippen LogP contribution in [-0.2, 0) is 0 Å². The van der Waals surface area contributed by atoms with Crippen molar-refractivity contribution in [3.8, 4) is 0 Å². The van der Waals surface area contributed by atoms with E-state index in [4.69, 9.17) is 34.8 Å². The van der Waals surface area contributed by atoms with Crippen molar-refractivity contribution in [2.24, 2.45) is 11.3 Å². The van der Waals surface area contributed by atoms with Crippen molar-refractivity contribution >= 4 is 48.5 Å². The molecule has 0 fully saturated rings. The minimum Gasteiger partial charge on any atom is -0.823 e. The van der Waals surface area contributed by atoms with E-state index < -0.39 is 0 Å². The topological polar surface area (TPSA) is 23.1 Å². The molecule has 5 heteroatoms. The molecule has 1 nitrogen and oxygen atoms in total. The molecule has 0 saturated carbocycles. The third-order valence-electron chi connectivity index (χ3n) is 2.73. The molecule has 0 saturated heterocycles. The van der Waals surface area contributed by atoms with Gasteiger partial charge in [-0.15, -0.1) is 13.7 Å². The summed E-state index contributed by atoms with van der Waals surface area (Å²) in [6.07, 6.45) is 1.89. The highest BCUT2D eigenvalue weighted by Gasteiger charge is 2.14. The average molecular weight is 353 g/mol. The van der Waals surface area contributed by atoms with E-state index in [9.17, 15) is 5.11 Å². The maximum absolute atomic E-state index is 12.2. The van der Waals surface area contributed by atoms with E-state index in [1.807, 2.05) is 0 Å². The van der Waals surface area contributed by atoms with E-state index in [1.54, 1.807) is 12.1 Å². The van der Waals surface area contributed by atoms with Crippen LogP contribution in [0.4, 0.5) is 0 Å². The molecule has 112 valence electrons. The lowest BCUT2D eigenvalue weighted by molar-refractivity contribution is -0.207. The maximum atomic E-state index is 12.2. The molecule has 0 heterocycles. The molecule has 0 aliphatic carbocycles. The third kappa shape index (κ3) is 5.92. The van der Waals surface area contributed by atoms with Crippen LogP contribution in [0, 0.1) is 11.3 Å². The van der Waals surface area contributed by atoms with Crippen LogP contribution in [0.2, 0.25) is 15.1 Å². The predicted octanol–water partition coefficient (Wildman–Crippen LogP) is 5.50. The largest absolute Gasteiger partial charge is 0.823 e. The molecule has 0 aliphatic heterocycles. The number of hydrogen-bond acceptors (Lipinski definition) is 1. The Bertz CT molecular complexity index is 483. The molecule has 1 aromatic rings. The number of hydrogen-bond donors (Lipinski definition) is 0. The van der Waals surface area contributed by atoms with Crippen LogP contribution in [0.15, 0.2) is 12.1 Å². The zero-order valence-corrected chi connectivity index (χ0v) is 15.3. The van der Waals surface area contributed by atoms with Crippen LogP contribution < -0.4 is 5.11 Å². The second-order valence-corrected chi connectivity index (χ2v) is 8.60. The molecular weight excluding hydrogens is 333 g/mol. The number of benzene rings is 1. The highest BCUT2D eigenvalue weighted by atomic mass is 35.5. The van der Waals surface area contributed by atoms with Gasteiger partial charge in [0.1, 0.15) is 0 Å². The van der Waals surface area contributed by atoms with E-state index in [2.05, 4.69) is 27.7 Å². The van der Waals surface area contributed by atoms with Gasteiger partial charge >= 0.3 is 0 Å². The van der Waals surface area contributed by atoms with Crippen LogP contribution in [-0.4, -0.2) is 11.6 Å². The van der Waals surface area contributed by atoms with Crippen molar-refractivity contribution in [2.75, 3.05) is 6.16 Å². The quantitative estimate of drug-likeness (QED) is 0.656. The Labute approximate surface area is 138 Å². The molecule has 1 rings (SSSR count). The van der Waals surface area contributed by atoms with Crippen molar-refractivity contribution in [3.05, 3.63) is 32.8 Å². The first-order valence-electron chi connectivity index (χ1n) is 6.46. The Balaban J connectivity index is 2.85. The Morgan fingerprint density at radius 2 is 1.70 bits per heavy atom. The lowest BCUT2D eigenvalue weighted by atomic mass is 9.86. The van der Waals surface area contributed by atoms with Crippen molar-refractivity contribution in [3.63, 3.8) is 0 Å². The van der Waals surface area contributed by atoms with Crippen LogP contribution in [0.5, 0.6) is 0 Å². The van der Waals surface area contributed by atoms with Crippen molar-refractivity contribution in [2.45, 2.75) is 34.1 Å². The fraction of sp³-hybridized carbons (Fsp3) is 0.533. The Hall–Kier alpha value is 0.220. The van der Waals surface area contributed by atoms with Crippen LogP contribution in [0.3, 0.4) is 0 Å². The zero-order valence-electron chi connectivity index (χ0n) is 12.1. The van der Waals surface area contributed by atoms with E-state index in [1.165, 1.54) is 0 Å². The highest BCUT2D eigenvalue weighted by Crippen LogP contribution is 2.31.